The third kappa shape index (κ3) is 3.19. The molecule has 0 spiro atoms. The monoisotopic (exact) mass is 322 g/mol. The number of pyridine rings is 1. The number of nitrogens with one attached hydrogen (secondary N) is 1. The van der Waals surface area contributed by atoms with Crippen molar-refractivity contribution in [2.75, 3.05) is 11.1 Å². The number of rotatable bonds is 3. The number of hydrogen-bond donors (Lipinski definition) is 2. The highest BCUT2D eigenvalue weighted by molar-refractivity contribution is 9.10. The normalized spacial score (nSPS) is 10.2. The van der Waals surface area contributed by atoms with Gasteiger partial charge in [0, 0.05) is 16.2 Å². The van der Waals surface area contributed by atoms with Gasteiger partial charge >= 0.3 is 5.69 Å². The van der Waals surface area contributed by atoms with Crippen LogP contribution >= 0.6 is 15.9 Å². The fourth-order valence-corrected chi connectivity index (χ4v) is 2.26. The fourth-order valence-electron chi connectivity index (χ4n) is 1.65. The van der Waals surface area contributed by atoms with Crippen molar-refractivity contribution >= 4 is 38.9 Å². The first-order valence-electron chi connectivity index (χ1n) is 5.41. The second kappa shape index (κ2) is 5.23. The molecule has 19 heavy (non-hydrogen) atoms. The molecule has 7 heteroatoms. The zero-order valence-corrected chi connectivity index (χ0v) is 11.6. The molecule has 1 aromatic carbocycles. The summed E-state index contributed by atoms with van der Waals surface area (Å²) in [4.78, 5) is 14.4. The van der Waals surface area contributed by atoms with Crippen LogP contribution < -0.4 is 11.1 Å². The van der Waals surface area contributed by atoms with Crippen LogP contribution in [0.4, 0.5) is 23.0 Å². The third-order valence-corrected chi connectivity index (χ3v) is 2.85. The number of nitro groups is 1. The van der Waals surface area contributed by atoms with Gasteiger partial charge in [-0.25, -0.2) is 4.98 Å². The first kappa shape index (κ1) is 13.3. The maximum atomic E-state index is 10.9. The number of anilines is 3. The van der Waals surface area contributed by atoms with Gasteiger partial charge in [-0.1, -0.05) is 15.9 Å². The van der Waals surface area contributed by atoms with Crippen molar-refractivity contribution in [2.45, 2.75) is 6.92 Å². The molecule has 0 fully saturated rings. The summed E-state index contributed by atoms with van der Waals surface area (Å²) in [5.74, 6) is 0.349. The van der Waals surface area contributed by atoms with Crippen LogP contribution in [0.5, 0.6) is 0 Å². The first-order chi connectivity index (χ1) is 8.95. The molecule has 0 aliphatic carbocycles. The number of nitrogen functional groups attached to an aromatic ring is 1. The minimum absolute atomic E-state index is 0.119. The molecule has 0 unspecified atom stereocenters. The standard InChI is InChI=1S/C12H11BrN4O2/c1-7-4-8(13)6-9(5-7)15-12-10(17(18)19)2-3-11(14)16-12/h2-6H,1H3,(H3,14,15,16). The highest BCUT2D eigenvalue weighted by Gasteiger charge is 2.15. The van der Waals surface area contributed by atoms with Crippen LogP contribution in [-0.4, -0.2) is 9.91 Å². The summed E-state index contributed by atoms with van der Waals surface area (Å²) in [7, 11) is 0. The largest absolute Gasteiger partial charge is 0.384 e. The van der Waals surface area contributed by atoms with Gasteiger partial charge in [0.05, 0.1) is 4.92 Å². The Morgan fingerprint density at radius 2 is 2.11 bits per heavy atom. The summed E-state index contributed by atoms with van der Waals surface area (Å²) in [5.41, 5.74) is 7.16. The Labute approximate surface area is 117 Å². The summed E-state index contributed by atoms with van der Waals surface area (Å²) in [6.07, 6.45) is 0. The molecule has 0 aliphatic heterocycles. The van der Waals surface area contributed by atoms with Gasteiger partial charge in [-0.2, -0.15) is 0 Å². The molecule has 2 aromatic rings. The number of aryl methyl sites for hydroxylation is 1. The number of hydrogen-bond acceptors (Lipinski definition) is 5. The predicted molar refractivity (Wildman–Crippen MR) is 77.5 cm³/mol. The van der Waals surface area contributed by atoms with Gasteiger partial charge in [0.1, 0.15) is 5.82 Å². The van der Waals surface area contributed by atoms with Crippen LogP contribution in [0.25, 0.3) is 0 Å². The Balaban J connectivity index is 2.42. The predicted octanol–water partition coefficient (Wildman–Crippen LogP) is 3.39. The molecule has 0 radical (unpaired) electrons. The molecule has 98 valence electrons. The number of aromatic nitrogens is 1. The number of benzene rings is 1. The van der Waals surface area contributed by atoms with E-state index in [1.165, 1.54) is 12.1 Å². The van der Waals surface area contributed by atoms with E-state index in [4.69, 9.17) is 5.73 Å². The maximum Gasteiger partial charge on any atom is 0.311 e. The van der Waals surface area contributed by atoms with Crippen molar-refractivity contribution in [2.24, 2.45) is 0 Å². The van der Waals surface area contributed by atoms with E-state index >= 15 is 0 Å². The van der Waals surface area contributed by atoms with Crippen molar-refractivity contribution < 1.29 is 4.92 Å². The molecule has 0 atom stereocenters. The summed E-state index contributed by atoms with van der Waals surface area (Å²) >= 11 is 3.37. The molecule has 0 aliphatic rings. The maximum absolute atomic E-state index is 10.9. The van der Waals surface area contributed by atoms with E-state index < -0.39 is 4.92 Å². The zero-order chi connectivity index (χ0) is 14.0. The average molecular weight is 323 g/mol. The van der Waals surface area contributed by atoms with Crippen molar-refractivity contribution in [1.82, 2.24) is 4.98 Å². The number of halogens is 1. The lowest BCUT2D eigenvalue weighted by Gasteiger charge is -2.08. The second-order valence-electron chi connectivity index (χ2n) is 4.00. The molecule has 6 nitrogen and oxygen atoms in total. The molecular weight excluding hydrogens is 312 g/mol. The highest BCUT2D eigenvalue weighted by Crippen LogP contribution is 2.28. The van der Waals surface area contributed by atoms with E-state index in [0.717, 1.165) is 10.0 Å². The Morgan fingerprint density at radius 1 is 1.37 bits per heavy atom. The van der Waals surface area contributed by atoms with Gasteiger partial charge in [-0.15, -0.1) is 0 Å². The molecule has 2 rings (SSSR count). The average Bonchev–Trinajstić information content (AvgIpc) is 2.26. The smallest absolute Gasteiger partial charge is 0.311 e. The van der Waals surface area contributed by atoms with Gasteiger partial charge in [-0.05, 0) is 36.8 Å². The summed E-state index contributed by atoms with van der Waals surface area (Å²) in [6.45, 7) is 1.93. The van der Waals surface area contributed by atoms with Crippen LogP contribution in [0, 0.1) is 17.0 Å². The molecule has 0 amide bonds. The second-order valence-corrected chi connectivity index (χ2v) is 4.92. The van der Waals surface area contributed by atoms with Gasteiger partial charge in [0.25, 0.3) is 0 Å². The third-order valence-electron chi connectivity index (χ3n) is 2.40. The SMILES string of the molecule is Cc1cc(Br)cc(Nc2nc(N)ccc2[N+](=O)[O-])c1. The van der Waals surface area contributed by atoms with E-state index in [-0.39, 0.29) is 17.3 Å². The Bertz CT molecular complexity index is 625. The van der Waals surface area contributed by atoms with E-state index in [1.807, 2.05) is 25.1 Å². The van der Waals surface area contributed by atoms with Gasteiger partial charge < -0.3 is 11.1 Å². The fraction of sp³-hybridized carbons (Fsp3) is 0.0833. The topological polar surface area (TPSA) is 94.1 Å². The van der Waals surface area contributed by atoms with E-state index in [2.05, 4.69) is 26.2 Å². The quantitative estimate of drug-likeness (QED) is 0.667. The van der Waals surface area contributed by atoms with E-state index in [1.54, 1.807) is 0 Å². The molecule has 1 aromatic heterocycles. The summed E-state index contributed by atoms with van der Waals surface area (Å²) in [6, 6.07) is 8.33. The van der Waals surface area contributed by atoms with E-state index in [0.29, 0.717) is 5.69 Å². The molecular formula is C12H11BrN4O2. The minimum Gasteiger partial charge on any atom is -0.384 e. The van der Waals surface area contributed by atoms with Crippen LogP contribution in [0.1, 0.15) is 5.56 Å². The van der Waals surface area contributed by atoms with Crippen molar-refractivity contribution in [3.05, 3.63) is 50.5 Å². The highest BCUT2D eigenvalue weighted by atomic mass is 79.9. The van der Waals surface area contributed by atoms with Crippen molar-refractivity contribution in [1.29, 1.82) is 0 Å². The Hall–Kier alpha value is -2.15. The van der Waals surface area contributed by atoms with E-state index in [9.17, 15) is 10.1 Å². The van der Waals surface area contributed by atoms with Crippen LogP contribution in [0.2, 0.25) is 0 Å². The van der Waals surface area contributed by atoms with Crippen LogP contribution in [0.15, 0.2) is 34.8 Å². The lowest BCUT2D eigenvalue weighted by molar-refractivity contribution is -0.384. The lowest BCUT2D eigenvalue weighted by Crippen LogP contribution is -2.02. The van der Waals surface area contributed by atoms with Crippen LogP contribution in [-0.2, 0) is 0 Å². The van der Waals surface area contributed by atoms with Gasteiger partial charge in [0.15, 0.2) is 0 Å². The number of nitrogens with zero attached hydrogens (tertiary/aromatic N) is 2. The van der Waals surface area contributed by atoms with Gasteiger partial charge in [0.2, 0.25) is 5.82 Å². The lowest BCUT2D eigenvalue weighted by atomic mass is 10.2. The van der Waals surface area contributed by atoms with Crippen molar-refractivity contribution in [3.63, 3.8) is 0 Å². The van der Waals surface area contributed by atoms with Crippen molar-refractivity contribution in [3.8, 4) is 0 Å². The summed E-state index contributed by atoms with van der Waals surface area (Å²) in [5, 5.41) is 13.8. The van der Waals surface area contributed by atoms with Gasteiger partial charge in [-0.3, -0.25) is 10.1 Å². The molecule has 0 bridgehead atoms. The Morgan fingerprint density at radius 3 is 2.74 bits per heavy atom. The zero-order valence-electron chi connectivity index (χ0n) is 10.1. The Kier molecular flexibility index (Phi) is 3.66. The first-order valence-corrected chi connectivity index (χ1v) is 6.20. The molecule has 0 saturated carbocycles. The molecule has 0 saturated heterocycles. The minimum atomic E-state index is -0.500. The molecule has 1 heterocycles. The summed E-state index contributed by atoms with van der Waals surface area (Å²) < 4.78 is 0.876. The van der Waals surface area contributed by atoms with Crippen LogP contribution in [0.3, 0.4) is 0 Å². The molecule has 3 N–H and O–H groups in total. The number of nitrogens with two attached hydrogens (primary N) is 1.